The first kappa shape index (κ1) is 14.6. The number of piperidine rings is 2. The minimum Gasteiger partial charge on any atom is -0.478 e. The molecule has 2 atom stereocenters. The number of aromatic nitrogens is 1. The summed E-state index contributed by atoms with van der Waals surface area (Å²) in [6, 6.07) is 2.09. The zero-order valence-electron chi connectivity index (χ0n) is 12.1. The number of carboxylic acid groups (broad SMARTS) is 1. The smallest absolute Gasteiger partial charge is 0.337 e. The van der Waals surface area contributed by atoms with Gasteiger partial charge < -0.3 is 14.9 Å². The number of nitrogens with zero attached hydrogens (tertiary/aromatic N) is 3. The third-order valence-corrected chi connectivity index (χ3v) is 5.12. The van der Waals surface area contributed by atoms with Gasteiger partial charge in [0.25, 0.3) is 0 Å². The largest absolute Gasteiger partial charge is 0.478 e. The van der Waals surface area contributed by atoms with E-state index in [0.717, 1.165) is 19.5 Å². The van der Waals surface area contributed by atoms with Gasteiger partial charge in [-0.2, -0.15) is 0 Å². The maximum Gasteiger partial charge on any atom is 0.337 e. The Morgan fingerprint density at radius 1 is 1.43 bits per heavy atom. The van der Waals surface area contributed by atoms with Crippen LogP contribution in [0.2, 0.25) is 5.02 Å². The van der Waals surface area contributed by atoms with Gasteiger partial charge in [0.05, 0.1) is 10.6 Å². The lowest BCUT2D eigenvalue weighted by atomic mass is 9.84. The lowest BCUT2D eigenvalue weighted by Crippen LogP contribution is -2.53. The fourth-order valence-electron chi connectivity index (χ4n) is 3.66. The summed E-state index contributed by atoms with van der Waals surface area (Å²) in [5.41, 5.74) is 0.129. The number of aromatic carboxylic acids is 1. The van der Waals surface area contributed by atoms with Gasteiger partial charge in [-0.3, -0.25) is 0 Å². The van der Waals surface area contributed by atoms with E-state index in [9.17, 15) is 9.90 Å². The van der Waals surface area contributed by atoms with Crippen molar-refractivity contribution in [2.24, 2.45) is 5.92 Å². The third-order valence-electron chi connectivity index (χ3n) is 4.75. The summed E-state index contributed by atoms with van der Waals surface area (Å²) >= 11 is 6.25. The topological polar surface area (TPSA) is 56.7 Å². The first-order chi connectivity index (χ1) is 10.1. The van der Waals surface area contributed by atoms with E-state index in [1.54, 1.807) is 0 Å². The summed E-state index contributed by atoms with van der Waals surface area (Å²) in [5.74, 6) is 0.225. The molecule has 0 aromatic carbocycles. The molecule has 0 bridgehead atoms. The molecule has 0 saturated carbocycles. The summed E-state index contributed by atoms with van der Waals surface area (Å²) < 4.78 is 0. The van der Waals surface area contributed by atoms with E-state index < -0.39 is 5.97 Å². The van der Waals surface area contributed by atoms with Crippen molar-refractivity contribution in [1.29, 1.82) is 0 Å². The predicted molar refractivity (Wildman–Crippen MR) is 82.2 cm³/mol. The summed E-state index contributed by atoms with van der Waals surface area (Å²) in [7, 11) is 2.20. The van der Waals surface area contributed by atoms with Crippen molar-refractivity contribution >= 4 is 23.4 Å². The number of fused-ring (bicyclic) bond motifs is 1. The Kier molecular flexibility index (Phi) is 4.04. The number of hydrogen-bond acceptors (Lipinski definition) is 4. The van der Waals surface area contributed by atoms with Gasteiger partial charge in [-0.15, -0.1) is 0 Å². The maximum atomic E-state index is 11.2. The van der Waals surface area contributed by atoms with E-state index >= 15 is 0 Å². The van der Waals surface area contributed by atoms with Gasteiger partial charge in [0.2, 0.25) is 0 Å². The molecule has 21 heavy (non-hydrogen) atoms. The summed E-state index contributed by atoms with van der Waals surface area (Å²) in [6.45, 7) is 2.96. The van der Waals surface area contributed by atoms with Gasteiger partial charge >= 0.3 is 5.97 Å². The molecule has 1 N–H and O–H groups in total. The Bertz CT molecular complexity index is 552. The SMILES string of the molecule is CN1CCCC2CN(c3nccc(C(=O)O)c3Cl)CCC21. The van der Waals surface area contributed by atoms with Crippen LogP contribution in [0.3, 0.4) is 0 Å². The van der Waals surface area contributed by atoms with Crippen LogP contribution in [0.1, 0.15) is 29.6 Å². The highest BCUT2D eigenvalue weighted by Crippen LogP contribution is 2.34. The number of pyridine rings is 1. The fourth-order valence-corrected chi connectivity index (χ4v) is 3.98. The molecule has 2 aliphatic rings. The molecule has 2 unspecified atom stereocenters. The Morgan fingerprint density at radius 3 is 3.00 bits per heavy atom. The predicted octanol–water partition coefficient (Wildman–Crippen LogP) is 2.35. The van der Waals surface area contributed by atoms with Gasteiger partial charge in [-0.1, -0.05) is 11.6 Å². The van der Waals surface area contributed by atoms with Crippen LogP contribution in [-0.4, -0.2) is 53.7 Å². The second-order valence-electron chi connectivity index (χ2n) is 5.99. The standard InChI is InChI=1S/C15H20ClN3O2/c1-18-7-2-3-10-9-19(8-5-12(10)18)14-13(16)11(15(20)21)4-6-17-14/h4,6,10,12H,2-3,5,7-9H2,1H3,(H,20,21). The van der Waals surface area contributed by atoms with Crippen LogP contribution in [-0.2, 0) is 0 Å². The average Bonchev–Trinajstić information content (AvgIpc) is 2.47. The number of likely N-dealkylation sites (tertiary alicyclic amines) is 1. The van der Waals surface area contributed by atoms with Crippen molar-refractivity contribution in [1.82, 2.24) is 9.88 Å². The van der Waals surface area contributed by atoms with E-state index in [2.05, 4.69) is 21.8 Å². The first-order valence-corrected chi connectivity index (χ1v) is 7.78. The van der Waals surface area contributed by atoms with Gasteiger partial charge in [0.15, 0.2) is 0 Å². The Hall–Kier alpha value is -1.33. The number of halogens is 1. The van der Waals surface area contributed by atoms with E-state index in [4.69, 9.17) is 11.6 Å². The summed E-state index contributed by atoms with van der Waals surface area (Å²) in [4.78, 5) is 20.1. The number of anilines is 1. The Balaban J connectivity index is 1.83. The molecule has 1 aromatic heterocycles. The first-order valence-electron chi connectivity index (χ1n) is 7.41. The zero-order chi connectivity index (χ0) is 15.0. The molecule has 6 heteroatoms. The molecule has 3 heterocycles. The molecular weight excluding hydrogens is 290 g/mol. The van der Waals surface area contributed by atoms with E-state index in [0.29, 0.717) is 17.8 Å². The van der Waals surface area contributed by atoms with Crippen molar-refractivity contribution in [3.05, 3.63) is 22.8 Å². The third kappa shape index (κ3) is 2.72. The quantitative estimate of drug-likeness (QED) is 0.909. The number of carbonyl (C=O) groups is 1. The Labute approximate surface area is 129 Å². The molecule has 1 aromatic rings. The van der Waals surface area contributed by atoms with Crippen molar-refractivity contribution < 1.29 is 9.90 Å². The van der Waals surface area contributed by atoms with Gasteiger partial charge in [-0.25, -0.2) is 9.78 Å². The van der Waals surface area contributed by atoms with Crippen LogP contribution in [0.5, 0.6) is 0 Å². The lowest BCUT2D eigenvalue weighted by Gasteiger charge is -2.46. The van der Waals surface area contributed by atoms with Crippen LogP contribution >= 0.6 is 11.6 Å². The van der Waals surface area contributed by atoms with Gasteiger partial charge in [0, 0.05) is 25.3 Å². The molecule has 0 radical (unpaired) electrons. The highest BCUT2D eigenvalue weighted by Gasteiger charge is 2.35. The van der Waals surface area contributed by atoms with Crippen LogP contribution in [0.15, 0.2) is 12.3 Å². The van der Waals surface area contributed by atoms with Gasteiger partial charge in [-0.05, 0) is 44.8 Å². The molecule has 0 spiro atoms. The minimum absolute atomic E-state index is 0.129. The molecule has 0 aliphatic carbocycles. The van der Waals surface area contributed by atoms with E-state index in [1.807, 2.05) is 0 Å². The maximum absolute atomic E-state index is 11.2. The van der Waals surface area contributed by atoms with Crippen molar-refractivity contribution in [2.75, 3.05) is 31.6 Å². The highest BCUT2D eigenvalue weighted by molar-refractivity contribution is 6.35. The van der Waals surface area contributed by atoms with Crippen LogP contribution in [0, 0.1) is 5.92 Å². The van der Waals surface area contributed by atoms with Crippen molar-refractivity contribution in [3.8, 4) is 0 Å². The molecule has 2 fully saturated rings. The summed E-state index contributed by atoms with van der Waals surface area (Å²) in [5, 5.41) is 9.43. The fraction of sp³-hybridized carbons (Fsp3) is 0.600. The van der Waals surface area contributed by atoms with Crippen molar-refractivity contribution in [2.45, 2.75) is 25.3 Å². The highest BCUT2D eigenvalue weighted by atomic mass is 35.5. The number of hydrogen-bond donors (Lipinski definition) is 1. The Morgan fingerprint density at radius 2 is 2.24 bits per heavy atom. The van der Waals surface area contributed by atoms with Crippen LogP contribution in [0.25, 0.3) is 0 Å². The van der Waals surface area contributed by atoms with Gasteiger partial charge in [0.1, 0.15) is 5.82 Å². The zero-order valence-corrected chi connectivity index (χ0v) is 12.9. The monoisotopic (exact) mass is 309 g/mol. The minimum atomic E-state index is -1.00. The van der Waals surface area contributed by atoms with Crippen LogP contribution in [0.4, 0.5) is 5.82 Å². The molecule has 0 amide bonds. The molecular formula is C15H20ClN3O2. The number of rotatable bonds is 2. The number of carboxylic acids is 1. The lowest BCUT2D eigenvalue weighted by molar-refractivity contribution is 0.0697. The van der Waals surface area contributed by atoms with E-state index in [1.165, 1.54) is 31.6 Å². The van der Waals surface area contributed by atoms with Crippen LogP contribution < -0.4 is 4.90 Å². The van der Waals surface area contributed by atoms with Crippen molar-refractivity contribution in [3.63, 3.8) is 0 Å². The van der Waals surface area contributed by atoms with E-state index in [-0.39, 0.29) is 10.6 Å². The molecule has 2 aliphatic heterocycles. The summed E-state index contributed by atoms with van der Waals surface area (Å²) in [6.07, 6.45) is 5.06. The average molecular weight is 310 g/mol. The normalized spacial score (nSPS) is 26.5. The second-order valence-corrected chi connectivity index (χ2v) is 6.36. The second kappa shape index (κ2) is 5.81. The molecule has 3 rings (SSSR count). The molecule has 2 saturated heterocycles. The molecule has 114 valence electrons. The molecule has 5 nitrogen and oxygen atoms in total.